The third kappa shape index (κ3) is 4.72. The fourth-order valence-electron chi connectivity index (χ4n) is 3.38. The van der Waals surface area contributed by atoms with Crippen molar-refractivity contribution >= 4 is 57.6 Å². The minimum Gasteiger partial charge on any atom is -0.457 e. The van der Waals surface area contributed by atoms with Crippen molar-refractivity contribution in [2.24, 2.45) is 4.99 Å². The Morgan fingerprint density at radius 2 is 1.83 bits per heavy atom. The molecule has 0 N–H and O–H groups in total. The molecule has 0 radical (unpaired) electrons. The molecule has 2 aromatic heterocycles. The van der Waals surface area contributed by atoms with Crippen molar-refractivity contribution in [3.63, 3.8) is 0 Å². The first-order valence-electron chi connectivity index (χ1n) is 10.3. The molecule has 4 aromatic rings. The Morgan fingerprint density at radius 1 is 1.06 bits per heavy atom. The summed E-state index contributed by atoms with van der Waals surface area (Å²) in [5, 5.41) is 11.7. The summed E-state index contributed by atoms with van der Waals surface area (Å²) in [5.74, 6) is 0.739. The Kier molecular flexibility index (Phi) is 6.17. The number of nitro benzene ring substituents is 1. The van der Waals surface area contributed by atoms with Gasteiger partial charge in [0, 0.05) is 36.2 Å². The molecule has 5 rings (SSSR count). The Hall–Kier alpha value is -4.21. The van der Waals surface area contributed by atoms with Gasteiger partial charge < -0.3 is 4.42 Å². The van der Waals surface area contributed by atoms with Gasteiger partial charge in [0.2, 0.25) is 0 Å². The normalized spacial score (nSPS) is 15.8. The van der Waals surface area contributed by atoms with E-state index in [0.29, 0.717) is 43.6 Å². The van der Waals surface area contributed by atoms with E-state index in [1.165, 1.54) is 35.0 Å². The third-order valence-electron chi connectivity index (χ3n) is 5.05. The first-order chi connectivity index (χ1) is 17.0. The first-order valence-corrected chi connectivity index (χ1v) is 11.5. The minimum absolute atomic E-state index is 0.00211. The number of hydrogen-bond donors (Lipinski definition) is 0. The average Bonchev–Trinajstić information content (AvgIpc) is 3.46. The molecule has 10 heteroatoms. The number of non-ortho nitro benzene ring substituents is 1. The summed E-state index contributed by atoms with van der Waals surface area (Å²) in [6.45, 7) is 0. The van der Waals surface area contributed by atoms with Crippen molar-refractivity contribution < 1.29 is 14.1 Å². The molecular formula is C25H15ClN4O4S. The van der Waals surface area contributed by atoms with Crippen LogP contribution in [0.2, 0.25) is 5.02 Å². The smallest absolute Gasteiger partial charge is 0.271 e. The van der Waals surface area contributed by atoms with Crippen LogP contribution in [0.25, 0.3) is 17.4 Å². The van der Waals surface area contributed by atoms with Crippen molar-refractivity contribution in [2.75, 3.05) is 4.90 Å². The molecule has 0 aliphatic carbocycles. The van der Waals surface area contributed by atoms with Gasteiger partial charge in [-0.3, -0.25) is 24.8 Å². The fraction of sp³-hybridized carbons (Fsp3) is 0. The Labute approximate surface area is 208 Å². The van der Waals surface area contributed by atoms with Crippen LogP contribution in [0.4, 0.5) is 17.1 Å². The molecule has 1 fully saturated rings. The van der Waals surface area contributed by atoms with Crippen LogP contribution in [0, 0.1) is 10.1 Å². The summed E-state index contributed by atoms with van der Waals surface area (Å²) >= 11 is 7.44. The van der Waals surface area contributed by atoms with Crippen molar-refractivity contribution in [2.45, 2.75) is 0 Å². The first kappa shape index (κ1) is 22.6. The lowest BCUT2D eigenvalue weighted by molar-refractivity contribution is -0.384. The number of para-hydroxylation sites is 1. The second kappa shape index (κ2) is 9.57. The number of carbonyl (C=O) groups excluding carboxylic acids is 1. The number of benzene rings is 2. The molecule has 8 nitrogen and oxygen atoms in total. The van der Waals surface area contributed by atoms with E-state index >= 15 is 0 Å². The molecule has 0 spiro atoms. The maximum Gasteiger partial charge on any atom is 0.271 e. The number of amidine groups is 1. The summed E-state index contributed by atoms with van der Waals surface area (Å²) in [5.41, 5.74) is 1.85. The van der Waals surface area contributed by atoms with Gasteiger partial charge in [-0.1, -0.05) is 29.8 Å². The number of carbonyl (C=O) groups is 1. The second-order valence-electron chi connectivity index (χ2n) is 7.31. The maximum atomic E-state index is 13.4. The number of nitro groups is 1. The molecule has 1 aliphatic rings. The summed E-state index contributed by atoms with van der Waals surface area (Å²) in [6, 6.07) is 20.4. The highest BCUT2D eigenvalue weighted by molar-refractivity contribution is 8.19. The fourth-order valence-corrected chi connectivity index (χ4v) is 4.51. The number of aromatic nitrogens is 1. The molecule has 1 amide bonds. The highest BCUT2D eigenvalue weighted by Gasteiger charge is 2.35. The van der Waals surface area contributed by atoms with E-state index in [1.54, 1.807) is 42.6 Å². The molecule has 0 bridgehead atoms. The monoisotopic (exact) mass is 502 g/mol. The zero-order valence-electron chi connectivity index (χ0n) is 17.9. The molecule has 172 valence electrons. The largest absolute Gasteiger partial charge is 0.457 e. The molecule has 3 heterocycles. The van der Waals surface area contributed by atoms with Gasteiger partial charge in [0.25, 0.3) is 11.6 Å². The average molecular weight is 503 g/mol. The van der Waals surface area contributed by atoms with Gasteiger partial charge in [-0.25, -0.2) is 4.99 Å². The van der Waals surface area contributed by atoms with Crippen LogP contribution in [0.5, 0.6) is 0 Å². The predicted molar refractivity (Wildman–Crippen MR) is 137 cm³/mol. The summed E-state index contributed by atoms with van der Waals surface area (Å²) < 4.78 is 5.89. The lowest BCUT2D eigenvalue weighted by atomic mass is 10.1. The maximum absolute atomic E-state index is 13.4. The Bertz CT molecular complexity index is 1480. The lowest BCUT2D eigenvalue weighted by Crippen LogP contribution is -2.28. The lowest BCUT2D eigenvalue weighted by Gasteiger charge is -2.15. The molecule has 0 atom stereocenters. The van der Waals surface area contributed by atoms with E-state index in [-0.39, 0.29) is 11.6 Å². The van der Waals surface area contributed by atoms with Crippen LogP contribution in [0.15, 0.2) is 99.5 Å². The number of furan rings is 1. The number of aliphatic imine (C=N–C) groups is 1. The van der Waals surface area contributed by atoms with Crippen molar-refractivity contribution in [1.82, 2.24) is 4.98 Å². The number of thioether (sulfide) groups is 1. The van der Waals surface area contributed by atoms with Gasteiger partial charge in [-0.05, 0) is 54.2 Å². The number of pyridine rings is 1. The van der Waals surface area contributed by atoms with E-state index < -0.39 is 4.92 Å². The topological polar surface area (TPSA) is 102 Å². The zero-order valence-corrected chi connectivity index (χ0v) is 19.4. The standard InChI is InChI=1S/C25H15ClN4O4S/c26-20-15-27-13-12-21(20)28-25-29(17-4-2-1-3-5-17)24(31)23(35-25)14-19-10-11-22(34-19)16-6-8-18(9-7-16)30(32)33/h1-15H/b23-14+,28-25?. The molecule has 2 aromatic carbocycles. The van der Waals surface area contributed by atoms with E-state index in [0.717, 1.165) is 0 Å². The molecule has 0 saturated carbocycles. The molecular weight excluding hydrogens is 488 g/mol. The second-order valence-corrected chi connectivity index (χ2v) is 8.73. The summed E-state index contributed by atoms with van der Waals surface area (Å²) in [6.07, 6.45) is 4.72. The third-order valence-corrected chi connectivity index (χ3v) is 6.31. The number of halogens is 1. The molecule has 1 saturated heterocycles. The number of rotatable bonds is 5. The van der Waals surface area contributed by atoms with Crippen LogP contribution in [0.1, 0.15) is 5.76 Å². The highest BCUT2D eigenvalue weighted by atomic mass is 35.5. The van der Waals surface area contributed by atoms with Crippen LogP contribution >= 0.6 is 23.4 Å². The van der Waals surface area contributed by atoms with Gasteiger partial charge >= 0.3 is 0 Å². The number of hydrogen-bond acceptors (Lipinski definition) is 7. The van der Waals surface area contributed by atoms with E-state index in [9.17, 15) is 14.9 Å². The summed E-state index contributed by atoms with van der Waals surface area (Å²) in [4.78, 5) is 34.3. The number of anilines is 1. The molecule has 35 heavy (non-hydrogen) atoms. The van der Waals surface area contributed by atoms with Crippen LogP contribution in [0.3, 0.4) is 0 Å². The molecule has 0 unspecified atom stereocenters. The van der Waals surface area contributed by atoms with Crippen LogP contribution in [-0.4, -0.2) is 21.0 Å². The molecule has 1 aliphatic heterocycles. The Balaban J connectivity index is 1.48. The number of nitrogens with zero attached hydrogens (tertiary/aromatic N) is 4. The zero-order chi connectivity index (χ0) is 24.4. The van der Waals surface area contributed by atoms with Gasteiger partial charge in [0.05, 0.1) is 26.2 Å². The van der Waals surface area contributed by atoms with Gasteiger partial charge in [-0.15, -0.1) is 0 Å². The van der Waals surface area contributed by atoms with Crippen molar-refractivity contribution in [3.8, 4) is 11.3 Å². The van der Waals surface area contributed by atoms with E-state index in [2.05, 4.69) is 9.98 Å². The number of amides is 1. The van der Waals surface area contributed by atoms with Gasteiger partial charge in [-0.2, -0.15) is 0 Å². The predicted octanol–water partition coefficient (Wildman–Crippen LogP) is 6.71. The SMILES string of the molecule is O=C1/C(=C\c2ccc(-c3ccc([N+](=O)[O-])cc3)o2)SC(=Nc2ccncc2Cl)N1c1ccccc1. The van der Waals surface area contributed by atoms with E-state index in [1.807, 2.05) is 30.3 Å². The highest BCUT2D eigenvalue weighted by Crippen LogP contribution is 2.38. The van der Waals surface area contributed by atoms with E-state index in [4.69, 9.17) is 16.0 Å². The quantitative estimate of drug-likeness (QED) is 0.171. The van der Waals surface area contributed by atoms with Gasteiger partial charge in [0.1, 0.15) is 11.5 Å². The Morgan fingerprint density at radius 3 is 2.54 bits per heavy atom. The van der Waals surface area contributed by atoms with Crippen molar-refractivity contribution in [1.29, 1.82) is 0 Å². The van der Waals surface area contributed by atoms with Gasteiger partial charge in [0.15, 0.2) is 5.17 Å². The van der Waals surface area contributed by atoms with Crippen molar-refractivity contribution in [3.05, 3.63) is 111 Å². The summed E-state index contributed by atoms with van der Waals surface area (Å²) in [7, 11) is 0. The minimum atomic E-state index is -0.457. The van der Waals surface area contributed by atoms with Crippen LogP contribution in [-0.2, 0) is 4.79 Å². The van der Waals surface area contributed by atoms with Crippen LogP contribution < -0.4 is 4.90 Å².